The van der Waals surface area contributed by atoms with Crippen molar-refractivity contribution in [2.24, 2.45) is 0 Å². The van der Waals surface area contributed by atoms with E-state index in [1.807, 2.05) is 18.9 Å². The highest BCUT2D eigenvalue weighted by atomic mass is 35.5. The van der Waals surface area contributed by atoms with E-state index >= 15 is 0 Å². The van der Waals surface area contributed by atoms with Crippen LogP contribution in [0.4, 0.5) is 11.6 Å². The van der Waals surface area contributed by atoms with Crippen molar-refractivity contribution in [3.05, 3.63) is 45.7 Å². The van der Waals surface area contributed by atoms with Crippen molar-refractivity contribution in [3.8, 4) is 0 Å². The highest BCUT2D eigenvalue weighted by molar-refractivity contribution is 6.43. The predicted molar refractivity (Wildman–Crippen MR) is 99.9 cm³/mol. The topological polar surface area (TPSA) is 61.4 Å². The molecular formula is C17H19Cl2N5O. The number of aromatic nitrogens is 2. The first-order valence-corrected chi connectivity index (χ1v) is 8.74. The Labute approximate surface area is 156 Å². The van der Waals surface area contributed by atoms with E-state index < -0.39 is 0 Å². The minimum Gasteiger partial charge on any atom is -0.335 e. The average molecular weight is 380 g/mol. The van der Waals surface area contributed by atoms with Gasteiger partial charge in [0.05, 0.1) is 15.7 Å². The molecule has 1 amide bonds. The van der Waals surface area contributed by atoms with E-state index in [1.54, 1.807) is 24.3 Å². The van der Waals surface area contributed by atoms with Crippen LogP contribution in [0.2, 0.25) is 10.0 Å². The molecule has 1 aliphatic heterocycles. The summed E-state index contributed by atoms with van der Waals surface area (Å²) in [7, 11) is 2.05. The second kappa shape index (κ2) is 7.56. The molecule has 0 atom stereocenters. The zero-order valence-electron chi connectivity index (χ0n) is 14.1. The monoisotopic (exact) mass is 379 g/mol. The Morgan fingerprint density at radius 1 is 1.16 bits per heavy atom. The SMILES string of the molecule is Cc1cc(C(=O)N2CCN(C)CC2)nc(Nc2cccc(Cl)c2Cl)n1. The third-order valence-electron chi connectivity index (χ3n) is 4.06. The number of hydrogen-bond acceptors (Lipinski definition) is 5. The molecule has 1 fully saturated rings. The van der Waals surface area contributed by atoms with Gasteiger partial charge in [-0.1, -0.05) is 29.3 Å². The first-order chi connectivity index (χ1) is 11.9. The van der Waals surface area contributed by atoms with Crippen LogP contribution in [0.25, 0.3) is 0 Å². The molecule has 0 radical (unpaired) electrons. The summed E-state index contributed by atoms with van der Waals surface area (Å²) in [5, 5.41) is 3.87. The quantitative estimate of drug-likeness (QED) is 0.886. The third kappa shape index (κ3) is 4.21. The molecule has 1 aromatic heterocycles. The molecule has 2 heterocycles. The Bertz CT molecular complexity index is 791. The number of aryl methyl sites for hydroxylation is 1. The van der Waals surface area contributed by atoms with Crippen LogP contribution in [0.15, 0.2) is 24.3 Å². The lowest BCUT2D eigenvalue weighted by molar-refractivity contribution is 0.0658. The van der Waals surface area contributed by atoms with Crippen LogP contribution in [0.1, 0.15) is 16.2 Å². The summed E-state index contributed by atoms with van der Waals surface area (Å²) in [6, 6.07) is 6.96. The van der Waals surface area contributed by atoms with Crippen molar-refractivity contribution in [3.63, 3.8) is 0 Å². The molecule has 0 spiro atoms. The van der Waals surface area contributed by atoms with Gasteiger partial charge in [0.1, 0.15) is 5.69 Å². The van der Waals surface area contributed by atoms with Gasteiger partial charge in [0.25, 0.3) is 5.91 Å². The van der Waals surface area contributed by atoms with Gasteiger partial charge < -0.3 is 15.1 Å². The fourth-order valence-electron chi connectivity index (χ4n) is 2.63. The molecule has 3 rings (SSSR count). The maximum absolute atomic E-state index is 12.7. The molecule has 25 heavy (non-hydrogen) atoms. The van der Waals surface area contributed by atoms with Crippen LogP contribution in [0, 0.1) is 6.92 Å². The number of halogens is 2. The van der Waals surface area contributed by atoms with Crippen molar-refractivity contribution in [2.45, 2.75) is 6.92 Å². The average Bonchev–Trinajstić information content (AvgIpc) is 2.58. The summed E-state index contributed by atoms with van der Waals surface area (Å²) in [6.45, 7) is 4.94. The number of carbonyl (C=O) groups is 1. The molecule has 8 heteroatoms. The van der Waals surface area contributed by atoms with Crippen molar-refractivity contribution in [1.29, 1.82) is 0 Å². The van der Waals surface area contributed by atoms with Gasteiger partial charge in [-0.3, -0.25) is 4.79 Å². The highest BCUT2D eigenvalue weighted by Crippen LogP contribution is 2.31. The molecule has 0 aliphatic carbocycles. The van der Waals surface area contributed by atoms with E-state index in [4.69, 9.17) is 23.2 Å². The summed E-state index contributed by atoms with van der Waals surface area (Å²) < 4.78 is 0. The number of rotatable bonds is 3. The second-order valence-electron chi connectivity index (χ2n) is 6.04. The number of amides is 1. The normalized spacial score (nSPS) is 15.3. The molecule has 1 aliphatic rings. The lowest BCUT2D eigenvalue weighted by Gasteiger charge is -2.32. The minimum absolute atomic E-state index is 0.0844. The summed E-state index contributed by atoms with van der Waals surface area (Å²) in [6.07, 6.45) is 0. The summed E-state index contributed by atoms with van der Waals surface area (Å²) in [4.78, 5) is 25.4. The standard InChI is InChI=1S/C17H19Cl2N5O/c1-11-10-14(16(25)24-8-6-23(2)7-9-24)22-17(20-11)21-13-5-3-4-12(18)15(13)19/h3-5,10H,6-9H2,1-2H3,(H,20,21,22). The van der Waals surface area contributed by atoms with E-state index in [-0.39, 0.29) is 5.91 Å². The Morgan fingerprint density at radius 2 is 1.88 bits per heavy atom. The Balaban J connectivity index is 1.83. The zero-order valence-corrected chi connectivity index (χ0v) is 15.6. The number of anilines is 2. The van der Waals surface area contributed by atoms with E-state index in [0.29, 0.717) is 46.2 Å². The molecule has 6 nitrogen and oxygen atoms in total. The second-order valence-corrected chi connectivity index (χ2v) is 6.83. The van der Waals surface area contributed by atoms with Crippen LogP contribution in [-0.2, 0) is 0 Å². The Hall–Kier alpha value is -1.89. The Morgan fingerprint density at radius 3 is 2.60 bits per heavy atom. The van der Waals surface area contributed by atoms with Gasteiger partial charge in [0, 0.05) is 31.9 Å². The highest BCUT2D eigenvalue weighted by Gasteiger charge is 2.22. The van der Waals surface area contributed by atoms with Crippen molar-refractivity contribution in [2.75, 3.05) is 38.5 Å². The number of nitrogens with one attached hydrogen (secondary N) is 1. The molecule has 0 saturated carbocycles. The first-order valence-electron chi connectivity index (χ1n) is 7.98. The van der Waals surface area contributed by atoms with Gasteiger partial charge in [-0.15, -0.1) is 0 Å². The number of piperazine rings is 1. The van der Waals surface area contributed by atoms with Crippen LogP contribution < -0.4 is 5.32 Å². The first kappa shape index (κ1) is 17.9. The zero-order chi connectivity index (χ0) is 18.0. The van der Waals surface area contributed by atoms with Crippen LogP contribution >= 0.6 is 23.2 Å². The van der Waals surface area contributed by atoms with E-state index in [2.05, 4.69) is 20.2 Å². The van der Waals surface area contributed by atoms with Crippen molar-refractivity contribution >= 4 is 40.7 Å². The van der Waals surface area contributed by atoms with Crippen LogP contribution in [0.5, 0.6) is 0 Å². The molecule has 1 saturated heterocycles. The Kier molecular flexibility index (Phi) is 5.42. The molecule has 0 unspecified atom stereocenters. The van der Waals surface area contributed by atoms with E-state index in [0.717, 1.165) is 13.1 Å². The number of nitrogens with zero attached hydrogens (tertiary/aromatic N) is 4. The maximum atomic E-state index is 12.7. The van der Waals surface area contributed by atoms with Gasteiger partial charge in [0.15, 0.2) is 0 Å². The smallest absolute Gasteiger partial charge is 0.272 e. The molecule has 2 aromatic rings. The molecular weight excluding hydrogens is 361 g/mol. The maximum Gasteiger partial charge on any atom is 0.272 e. The number of hydrogen-bond donors (Lipinski definition) is 1. The van der Waals surface area contributed by atoms with Crippen molar-refractivity contribution < 1.29 is 4.79 Å². The molecule has 1 aromatic carbocycles. The van der Waals surface area contributed by atoms with Crippen molar-refractivity contribution in [1.82, 2.24) is 19.8 Å². The molecule has 0 bridgehead atoms. The summed E-state index contributed by atoms with van der Waals surface area (Å²) in [5.74, 6) is 0.237. The number of benzene rings is 1. The molecule has 132 valence electrons. The van der Waals surface area contributed by atoms with Gasteiger partial charge in [-0.05, 0) is 32.2 Å². The number of likely N-dealkylation sites (N-methyl/N-ethyl adjacent to an activating group) is 1. The van der Waals surface area contributed by atoms with E-state index in [1.165, 1.54) is 0 Å². The fraction of sp³-hybridized carbons (Fsp3) is 0.353. The summed E-state index contributed by atoms with van der Waals surface area (Å²) >= 11 is 12.2. The summed E-state index contributed by atoms with van der Waals surface area (Å²) in [5.41, 5.74) is 1.67. The lowest BCUT2D eigenvalue weighted by Crippen LogP contribution is -2.47. The lowest BCUT2D eigenvalue weighted by atomic mass is 10.2. The van der Waals surface area contributed by atoms with Gasteiger partial charge in [-0.2, -0.15) is 0 Å². The fourth-order valence-corrected chi connectivity index (χ4v) is 2.97. The van der Waals surface area contributed by atoms with Gasteiger partial charge >= 0.3 is 0 Å². The molecule has 1 N–H and O–H groups in total. The predicted octanol–water partition coefficient (Wildman–Crippen LogP) is 3.22. The van der Waals surface area contributed by atoms with E-state index in [9.17, 15) is 4.79 Å². The van der Waals surface area contributed by atoms with Gasteiger partial charge in [-0.25, -0.2) is 9.97 Å². The van der Waals surface area contributed by atoms with Gasteiger partial charge in [0.2, 0.25) is 5.95 Å². The van der Waals surface area contributed by atoms with Crippen LogP contribution in [0.3, 0.4) is 0 Å². The third-order valence-corrected chi connectivity index (χ3v) is 4.88. The largest absolute Gasteiger partial charge is 0.335 e. The minimum atomic E-state index is -0.0844. The van der Waals surface area contributed by atoms with Crippen LogP contribution in [-0.4, -0.2) is 58.9 Å². The number of carbonyl (C=O) groups excluding carboxylic acids is 1.